The third-order valence-electron chi connectivity index (χ3n) is 10.4. The van der Waals surface area contributed by atoms with E-state index in [-0.39, 0.29) is 64.7 Å². The molecule has 330 valence electrons. The van der Waals surface area contributed by atoms with Gasteiger partial charge in [-0.3, -0.25) is 45.5 Å². The first-order valence-corrected chi connectivity index (χ1v) is 24.3. The Hall–Kier alpha value is -3.89. The standard InChI is InChI=1S/C42H45O17P3/c1-29(43)56-39-37(20-11-21-49-60(45)50-22-31-14-5-6-15-32(31)23-51-60)57-38(28-48-42(44)30-12-3-2-4-13-30)40(58-61(46)52-24-33-16-7-8-17-34(33)25-53-61)41(39)59-62(47)54-26-35-18-9-10-19-36(35)27-55-62/h2-10,12-19,37-41H,11,20-28H2,1H3/t37-,38+,39-,40+,41+/m0/s1. The molecule has 4 aromatic carbocycles. The Bertz CT molecular complexity index is 2270. The monoisotopic (exact) mass is 914 g/mol. The van der Waals surface area contributed by atoms with Crippen LogP contribution in [0.2, 0.25) is 0 Å². The highest BCUT2D eigenvalue weighted by molar-refractivity contribution is 7.49. The van der Waals surface area contributed by atoms with Gasteiger partial charge in [0.25, 0.3) is 0 Å². The van der Waals surface area contributed by atoms with E-state index in [0.29, 0.717) is 22.3 Å². The van der Waals surface area contributed by atoms with Crippen molar-refractivity contribution in [2.45, 2.75) is 89.9 Å². The van der Waals surface area contributed by atoms with Crippen LogP contribution < -0.4 is 0 Å². The number of phosphoric ester groups is 3. The predicted molar refractivity (Wildman–Crippen MR) is 217 cm³/mol. The molecule has 0 radical (unpaired) electrons. The lowest BCUT2D eigenvalue weighted by molar-refractivity contribution is -0.234. The molecule has 4 aromatic rings. The van der Waals surface area contributed by atoms with Gasteiger partial charge in [0.15, 0.2) is 6.10 Å². The Labute approximate surface area is 357 Å². The Morgan fingerprint density at radius 2 is 0.968 bits per heavy atom. The van der Waals surface area contributed by atoms with Gasteiger partial charge < -0.3 is 14.2 Å². The topological polar surface area (TPSA) is 196 Å². The zero-order valence-electron chi connectivity index (χ0n) is 33.6. The van der Waals surface area contributed by atoms with E-state index in [1.54, 1.807) is 78.9 Å². The highest BCUT2D eigenvalue weighted by Gasteiger charge is 2.55. The molecule has 0 saturated carbocycles. The van der Waals surface area contributed by atoms with Crippen LogP contribution in [0.4, 0.5) is 0 Å². The Morgan fingerprint density at radius 1 is 0.548 bits per heavy atom. The lowest BCUT2D eigenvalue weighted by Crippen LogP contribution is -2.61. The van der Waals surface area contributed by atoms with Crippen molar-refractivity contribution in [3.63, 3.8) is 0 Å². The van der Waals surface area contributed by atoms with Crippen LogP contribution in [-0.2, 0) is 113 Å². The van der Waals surface area contributed by atoms with Gasteiger partial charge in [-0.1, -0.05) is 91.0 Å². The second-order valence-electron chi connectivity index (χ2n) is 14.7. The molecular formula is C42H45O17P3. The second kappa shape index (κ2) is 19.9. The third-order valence-corrected chi connectivity index (χ3v) is 14.6. The van der Waals surface area contributed by atoms with Gasteiger partial charge in [0.05, 0.1) is 57.9 Å². The van der Waals surface area contributed by atoms with E-state index in [9.17, 15) is 23.3 Å². The fourth-order valence-corrected chi connectivity index (χ4v) is 11.1. The van der Waals surface area contributed by atoms with E-state index < -0.39 is 72.5 Å². The first kappa shape index (κ1) is 44.7. The molecule has 0 unspecified atom stereocenters. The van der Waals surface area contributed by atoms with Crippen LogP contribution >= 0.6 is 23.5 Å². The van der Waals surface area contributed by atoms with E-state index in [0.717, 1.165) is 18.1 Å². The summed E-state index contributed by atoms with van der Waals surface area (Å²) in [5, 5.41) is 0. The number of benzene rings is 4. The summed E-state index contributed by atoms with van der Waals surface area (Å²) < 4.78 is 113. The van der Waals surface area contributed by atoms with E-state index in [2.05, 4.69) is 0 Å². The first-order valence-electron chi connectivity index (χ1n) is 19.9. The van der Waals surface area contributed by atoms with Crippen LogP contribution in [0.3, 0.4) is 0 Å². The molecule has 17 nitrogen and oxygen atoms in total. The number of hydrogen-bond donors (Lipinski definition) is 0. The zero-order chi connectivity index (χ0) is 43.2. The van der Waals surface area contributed by atoms with Crippen LogP contribution in [0.25, 0.3) is 0 Å². The van der Waals surface area contributed by atoms with E-state index in [4.69, 9.17) is 54.9 Å². The average molecular weight is 915 g/mol. The predicted octanol–water partition coefficient (Wildman–Crippen LogP) is 8.68. The number of carbonyl (C=O) groups excluding carboxylic acids is 2. The maximum atomic E-state index is 14.6. The summed E-state index contributed by atoms with van der Waals surface area (Å²) in [5.74, 6) is -1.51. The summed E-state index contributed by atoms with van der Waals surface area (Å²) in [7, 11) is -13.2. The van der Waals surface area contributed by atoms with Crippen molar-refractivity contribution in [2.75, 3.05) is 13.2 Å². The summed E-state index contributed by atoms with van der Waals surface area (Å²) in [4.78, 5) is 26.2. The quantitative estimate of drug-likeness (QED) is 0.0701. The second-order valence-corrected chi connectivity index (χ2v) is 19.6. The molecule has 5 atom stereocenters. The Balaban J connectivity index is 1.09. The molecule has 0 bridgehead atoms. The summed E-state index contributed by atoms with van der Waals surface area (Å²) >= 11 is 0. The molecule has 0 N–H and O–H groups in total. The number of hydrogen-bond acceptors (Lipinski definition) is 17. The van der Waals surface area contributed by atoms with Gasteiger partial charge in [0.2, 0.25) is 0 Å². The van der Waals surface area contributed by atoms with Gasteiger partial charge >= 0.3 is 35.4 Å². The van der Waals surface area contributed by atoms with E-state index >= 15 is 0 Å². The largest absolute Gasteiger partial charge is 0.475 e. The van der Waals surface area contributed by atoms with Gasteiger partial charge in [0, 0.05) is 6.92 Å². The average Bonchev–Trinajstić information content (AvgIpc) is 3.65. The number of carbonyl (C=O) groups is 2. The van der Waals surface area contributed by atoms with Crippen molar-refractivity contribution in [3.8, 4) is 0 Å². The summed E-state index contributed by atoms with van der Waals surface area (Å²) in [6.45, 7) is -0.195. The fourth-order valence-electron chi connectivity index (χ4n) is 7.23. The van der Waals surface area contributed by atoms with Gasteiger partial charge in [-0.05, 0) is 58.4 Å². The molecule has 1 saturated heterocycles. The van der Waals surface area contributed by atoms with E-state index in [1.807, 2.05) is 24.3 Å². The van der Waals surface area contributed by atoms with Crippen molar-refractivity contribution in [2.24, 2.45) is 0 Å². The molecule has 0 amide bonds. The first-order chi connectivity index (χ1) is 30.0. The molecule has 4 heterocycles. The molecule has 8 rings (SSSR count). The van der Waals surface area contributed by atoms with Crippen molar-refractivity contribution < 1.29 is 78.2 Å². The van der Waals surface area contributed by atoms with Crippen molar-refractivity contribution in [1.29, 1.82) is 0 Å². The molecule has 62 heavy (non-hydrogen) atoms. The van der Waals surface area contributed by atoms with Crippen LogP contribution in [0, 0.1) is 0 Å². The number of rotatable bonds is 13. The maximum absolute atomic E-state index is 14.6. The zero-order valence-corrected chi connectivity index (χ0v) is 36.2. The van der Waals surface area contributed by atoms with E-state index in [1.165, 1.54) is 0 Å². The third kappa shape index (κ3) is 11.1. The number of fused-ring (bicyclic) bond motifs is 3. The smallest absolute Gasteiger partial charge is 0.459 e. The molecule has 4 aliphatic heterocycles. The van der Waals surface area contributed by atoms with Crippen molar-refractivity contribution in [3.05, 3.63) is 142 Å². The Kier molecular flexibility index (Phi) is 14.3. The highest BCUT2D eigenvalue weighted by atomic mass is 31.2. The summed E-state index contributed by atoms with van der Waals surface area (Å²) in [5.41, 5.74) is 4.64. The van der Waals surface area contributed by atoms with Gasteiger partial charge in [0.1, 0.15) is 24.9 Å². The Morgan fingerprint density at radius 3 is 1.42 bits per heavy atom. The minimum Gasteiger partial charge on any atom is -0.459 e. The number of phosphoric acid groups is 3. The highest BCUT2D eigenvalue weighted by Crippen LogP contribution is 2.59. The molecule has 0 aliphatic carbocycles. The van der Waals surface area contributed by atoms with Crippen molar-refractivity contribution in [1.82, 2.24) is 0 Å². The lowest BCUT2D eigenvalue weighted by Gasteiger charge is -2.46. The minimum atomic E-state index is -4.59. The normalized spacial score (nSPS) is 25.0. The van der Waals surface area contributed by atoms with Gasteiger partial charge in [-0.25, -0.2) is 18.5 Å². The molecule has 4 aliphatic rings. The molecule has 20 heteroatoms. The number of esters is 2. The van der Waals surface area contributed by atoms with Gasteiger partial charge in [-0.15, -0.1) is 0 Å². The van der Waals surface area contributed by atoms with Gasteiger partial charge in [-0.2, -0.15) is 0 Å². The SMILES string of the molecule is CC(=O)O[C@@H]1[C@@H](OP2(=O)OCc3ccccc3CO2)[C@H](OP2(=O)OCc3ccccc3CO2)[C@@H](COC(=O)c2ccccc2)O[C@H]1CCCOP1(=O)OCc2ccccc2CO1. The molecular weight excluding hydrogens is 869 g/mol. The summed E-state index contributed by atoms with van der Waals surface area (Å²) in [6.07, 6.45) is -7.12. The van der Waals surface area contributed by atoms with Crippen LogP contribution in [-0.4, -0.2) is 55.7 Å². The summed E-state index contributed by atoms with van der Waals surface area (Å²) in [6, 6.07) is 29.9. The molecule has 0 spiro atoms. The van der Waals surface area contributed by atoms with Crippen LogP contribution in [0.1, 0.15) is 63.5 Å². The molecule has 1 fully saturated rings. The maximum Gasteiger partial charge on any atom is 0.475 e. The minimum absolute atomic E-state index is 0.0101. The van der Waals surface area contributed by atoms with Crippen LogP contribution in [0.15, 0.2) is 103 Å². The molecule has 0 aromatic heterocycles. The number of ether oxygens (including phenoxy) is 3. The fraction of sp³-hybridized carbons (Fsp3) is 0.381. The van der Waals surface area contributed by atoms with Crippen LogP contribution in [0.5, 0.6) is 0 Å². The lowest BCUT2D eigenvalue weighted by atomic mass is 9.92. The van der Waals surface area contributed by atoms with Crippen molar-refractivity contribution >= 4 is 35.4 Å².